The number of carbonyl (C=O) groups excluding carboxylic acids is 3. The van der Waals surface area contributed by atoms with Crippen LogP contribution in [0.2, 0.25) is 0 Å². The number of nitrogens with zero attached hydrogens (tertiary/aromatic N) is 2. The van der Waals surface area contributed by atoms with Crippen molar-refractivity contribution >= 4 is 46.0 Å². The number of carbonyl (C=O) groups is 3. The predicted molar refractivity (Wildman–Crippen MR) is 143 cm³/mol. The number of nitrogen functional groups attached to an aromatic ring is 1. The largest absolute Gasteiger partial charge is 0.448 e. The minimum Gasteiger partial charge on any atom is -0.448 e. The zero-order valence-corrected chi connectivity index (χ0v) is 21.3. The number of nitrogens with two attached hydrogens (primary N) is 1. The van der Waals surface area contributed by atoms with E-state index in [1.54, 1.807) is 11.5 Å². The van der Waals surface area contributed by atoms with Crippen LogP contribution >= 0.6 is 23.1 Å². The van der Waals surface area contributed by atoms with E-state index >= 15 is 0 Å². The standard InChI is InChI=1S/C27H24N4O4S2/c1-2-16-14-36-25-21(30-20(32)13-19-15-37-27(28)29-19)24(33)31(25)22(16)26(34)35-23(17-9-5-3-6-10-17)18-11-7-4-8-12-18/h2-12,15,21,23,25H,1,13-14H2,(H2,28,29)(H,30,32)/t21?,25-/m1/s1. The van der Waals surface area contributed by atoms with Crippen LogP contribution in [0.3, 0.4) is 0 Å². The van der Waals surface area contributed by atoms with Gasteiger partial charge in [0.05, 0.1) is 12.1 Å². The Morgan fingerprint density at radius 2 is 1.81 bits per heavy atom. The third kappa shape index (κ3) is 5.03. The lowest BCUT2D eigenvalue weighted by atomic mass is 10.0. The van der Waals surface area contributed by atoms with Crippen LogP contribution in [0.1, 0.15) is 22.9 Å². The summed E-state index contributed by atoms with van der Waals surface area (Å²) in [5, 5.41) is 4.45. The van der Waals surface area contributed by atoms with E-state index in [2.05, 4.69) is 16.9 Å². The maximum atomic E-state index is 13.6. The average Bonchev–Trinajstić information content (AvgIpc) is 3.34. The fraction of sp³-hybridized carbons (Fsp3) is 0.185. The van der Waals surface area contributed by atoms with Crippen molar-refractivity contribution in [3.63, 3.8) is 0 Å². The summed E-state index contributed by atoms with van der Waals surface area (Å²) in [6, 6.07) is 18.1. The zero-order valence-electron chi connectivity index (χ0n) is 19.7. The Hall–Kier alpha value is -3.89. The number of esters is 1. The van der Waals surface area contributed by atoms with E-state index in [1.807, 2.05) is 60.7 Å². The molecule has 0 saturated carbocycles. The van der Waals surface area contributed by atoms with Gasteiger partial charge in [0.2, 0.25) is 5.91 Å². The summed E-state index contributed by atoms with van der Waals surface area (Å²) in [6.07, 6.45) is 0.942. The molecule has 188 valence electrons. The summed E-state index contributed by atoms with van der Waals surface area (Å²) in [5.41, 5.74) is 8.59. The SMILES string of the molecule is C=CC1=C(C(=O)OC(c2ccccc2)c2ccccc2)N2C(=O)C(NC(=O)Cc3csc(N)n3)[C@H]2SC1. The van der Waals surface area contributed by atoms with Crippen LogP contribution < -0.4 is 11.1 Å². The van der Waals surface area contributed by atoms with Gasteiger partial charge >= 0.3 is 5.97 Å². The van der Waals surface area contributed by atoms with Gasteiger partial charge in [0, 0.05) is 11.1 Å². The van der Waals surface area contributed by atoms with Crippen LogP contribution in [0.5, 0.6) is 0 Å². The molecule has 1 saturated heterocycles. The third-order valence-corrected chi connectivity index (χ3v) is 8.12. The molecule has 2 atom stereocenters. The molecule has 2 aliphatic rings. The van der Waals surface area contributed by atoms with Gasteiger partial charge in [-0.15, -0.1) is 23.1 Å². The van der Waals surface area contributed by atoms with Crippen molar-refractivity contribution in [3.8, 4) is 0 Å². The van der Waals surface area contributed by atoms with E-state index in [0.29, 0.717) is 22.2 Å². The first-order chi connectivity index (χ1) is 18.0. The molecule has 3 heterocycles. The molecule has 3 N–H and O–H groups in total. The molecular formula is C27H24N4O4S2. The van der Waals surface area contributed by atoms with Crippen molar-refractivity contribution in [2.75, 3.05) is 11.5 Å². The van der Waals surface area contributed by atoms with E-state index in [9.17, 15) is 14.4 Å². The van der Waals surface area contributed by atoms with Crippen molar-refractivity contribution in [2.24, 2.45) is 0 Å². The van der Waals surface area contributed by atoms with Crippen molar-refractivity contribution in [1.29, 1.82) is 0 Å². The molecule has 37 heavy (non-hydrogen) atoms. The molecule has 1 unspecified atom stereocenters. The second kappa shape index (κ2) is 10.6. The van der Waals surface area contributed by atoms with Gasteiger partial charge in [0.1, 0.15) is 17.1 Å². The molecule has 8 nitrogen and oxygen atoms in total. The quantitative estimate of drug-likeness (QED) is 0.337. The number of β-lactam (4-membered cyclic amide) rings is 1. The molecule has 10 heteroatoms. The number of hydrogen-bond acceptors (Lipinski definition) is 8. The molecule has 2 aliphatic heterocycles. The number of rotatable bonds is 8. The second-order valence-corrected chi connectivity index (χ2v) is 10.5. The lowest BCUT2D eigenvalue weighted by Gasteiger charge is -2.49. The third-order valence-electron chi connectivity index (χ3n) is 6.09. The first-order valence-corrected chi connectivity index (χ1v) is 13.5. The number of fused-ring (bicyclic) bond motifs is 1. The summed E-state index contributed by atoms with van der Waals surface area (Å²) >= 11 is 2.71. The molecule has 0 spiro atoms. The van der Waals surface area contributed by atoms with Crippen LogP contribution in [0.25, 0.3) is 0 Å². The summed E-state index contributed by atoms with van der Waals surface area (Å²) in [6.45, 7) is 3.83. The topological polar surface area (TPSA) is 115 Å². The van der Waals surface area contributed by atoms with Gasteiger partial charge in [-0.05, 0) is 16.7 Å². The highest BCUT2D eigenvalue weighted by Crippen LogP contribution is 2.41. The van der Waals surface area contributed by atoms with E-state index in [1.165, 1.54) is 28.0 Å². The Kier molecular flexibility index (Phi) is 7.11. The lowest BCUT2D eigenvalue weighted by Crippen LogP contribution is -2.70. The Labute approximate surface area is 222 Å². The number of aromatic nitrogens is 1. The Balaban J connectivity index is 1.35. The molecule has 2 aromatic carbocycles. The van der Waals surface area contributed by atoms with Gasteiger partial charge < -0.3 is 15.8 Å². The van der Waals surface area contributed by atoms with Crippen molar-refractivity contribution < 1.29 is 19.1 Å². The maximum Gasteiger partial charge on any atom is 0.356 e. The fourth-order valence-corrected chi connectivity index (χ4v) is 6.23. The highest BCUT2D eigenvalue weighted by Gasteiger charge is 2.54. The van der Waals surface area contributed by atoms with Crippen LogP contribution in [-0.2, 0) is 25.5 Å². The molecule has 0 aliphatic carbocycles. The number of thiazole rings is 1. The van der Waals surface area contributed by atoms with E-state index in [-0.39, 0.29) is 23.9 Å². The van der Waals surface area contributed by atoms with Crippen molar-refractivity contribution in [1.82, 2.24) is 15.2 Å². The lowest BCUT2D eigenvalue weighted by molar-refractivity contribution is -0.154. The molecule has 1 fully saturated rings. The zero-order chi connectivity index (χ0) is 25.9. The average molecular weight is 533 g/mol. The summed E-state index contributed by atoms with van der Waals surface area (Å²) < 4.78 is 6.04. The normalized spacial score (nSPS) is 18.7. The fourth-order valence-electron chi connectivity index (χ4n) is 4.33. The maximum absolute atomic E-state index is 13.6. The van der Waals surface area contributed by atoms with Gasteiger partial charge in [-0.25, -0.2) is 9.78 Å². The minimum absolute atomic E-state index is 0.0212. The van der Waals surface area contributed by atoms with Gasteiger partial charge in [-0.2, -0.15) is 0 Å². The molecule has 5 rings (SSSR count). The molecular weight excluding hydrogens is 508 g/mol. The summed E-state index contributed by atoms with van der Waals surface area (Å²) in [7, 11) is 0. The smallest absolute Gasteiger partial charge is 0.356 e. The van der Waals surface area contributed by atoms with Gasteiger partial charge in [-0.3, -0.25) is 14.5 Å². The van der Waals surface area contributed by atoms with E-state index in [0.717, 1.165) is 11.1 Å². The van der Waals surface area contributed by atoms with E-state index < -0.39 is 23.5 Å². The number of hydrogen-bond donors (Lipinski definition) is 2. The molecule has 0 bridgehead atoms. The van der Waals surface area contributed by atoms with Crippen LogP contribution in [0, 0.1) is 0 Å². The molecule has 2 amide bonds. The van der Waals surface area contributed by atoms with E-state index in [4.69, 9.17) is 10.5 Å². The number of anilines is 1. The first kappa shape index (κ1) is 24.8. The van der Waals surface area contributed by atoms with Crippen LogP contribution in [0.15, 0.2) is 90.0 Å². The monoisotopic (exact) mass is 532 g/mol. The minimum atomic E-state index is -0.748. The van der Waals surface area contributed by atoms with Crippen LogP contribution in [-0.4, -0.2) is 44.8 Å². The highest BCUT2D eigenvalue weighted by molar-refractivity contribution is 8.00. The highest BCUT2D eigenvalue weighted by atomic mass is 32.2. The Morgan fingerprint density at radius 1 is 1.16 bits per heavy atom. The number of ether oxygens (including phenoxy) is 1. The molecule has 3 aromatic rings. The molecule has 1 aromatic heterocycles. The first-order valence-electron chi connectivity index (χ1n) is 11.6. The number of amides is 2. The summed E-state index contributed by atoms with van der Waals surface area (Å²) in [4.78, 5) is 44.8. The van der Waals surface area contributed by atoms with Gasteiger partial charge in [0.15, 0.2) is 11.2 Å². The van der Waals surface area contributed by atoms with Crippen LogP contribution in [0.4, 0.5) is 5.13 Å². The number of benzene rings is 2. The second-order valence-electron chi connectivity index (χ2n) is 8.49. The summed E-state index contributed by atoms with van der Waals surface area (Å²) in [5.74, 6) is -0.863. The van der Waals surface area contributed by atoms with Crippen molar-refractivity contribution in [3.05, 3.63) is 107 Å². The van der Waals surface area contributed by atoms with Gasteiger partial charge in [-0.1, -0.05) is 73.3 Å². The Bertz CT molecular complexity index is 1330. The molecule has 0 radical (unpaired) electrons. The predicted octanol–water partition coefficient (Wildman–Crippen LogP) is 3.44. The number of nitrogens with one attached hydrogen (secondary N) is 1. The van der Waals surface area contributed by atoms with Crippen molar-refractivity contribution in [2.45, 2.75) is 23.9 Å². The number of allylic oxidation sites excluding steroid dienone is 1. The number of thioether (sulfide) groups is 1. The van der Waals surface area contributed by atoms with Gasteiger partial charge in [0.25, 0.3) is 5.91 Å². The Morgan fingerprint density at radius 3 is 2.38 bits per heavy atom.